The summed E-state index contributed by atoms with van der Waals surface area (Å²) in [7, 11) is -133. The fraction of sp³-hybridized carbons (Fsp3) is 1.00. The Bertz CT molecular complexity index is 2700. The fourth-order valence-corrected chi connectivity index (χ4v) is 336. The molecule has 0 saturated carbocycles. The molecule has 0 unspecified atom stereocenters. The van der Waals surface area contributed by atoms with Gasteiger partial charge in [-0.1, -0.05) is 0 Å². The zero-order valence-electron chi connectivity index (χ0n) is 32.8. The van der Waals surface area contributed by atoms with E-state index in [1.165, 1.54) is 13.1 Å². The second kappa shape index (κ2) is 29.0. The van der Waals surface area contributed by atoms with Crippen molar-refractivity contribution in [2.24, 2.45) is 0 Å². The van der Waals surface area contributed by atoms with E-state index in [1.54, 1.807) is 0 Å². The predicted molar refractivity (Wildman–Crippen MR) is 230 cm³/mol. The molecule has 0 rings (SSSR count). The maximum atomic E-state index is 12.7. The quantitative estimate of drug-likeness (QED) is 0.0591. The molecule has 0 aliphatic heterocycles. The summed E-state index contributed by atoms with van der Waals surface area (Å²) < 4.78 is 361. The highest BCUT2D eigenvalue weighted by Crippen LogP contribution is 1.99. The van der Waals surface area contributed by atoms with E-state index in [9.17, 15) is 135 Å². The molecule has 0 fully saturated rings. The predicted octanol–water partition coefficient (Wildman–Crippen LogP) is -14.6. The van der Waals surface area contributed by atoms with E-state index in [-0.39, 0.29) is 0 Å². The number of rotatable bonds is 32. The first-order chi connectivity index (χ1) is 30.2. The summed E-state index contributed by atoms with van der Waals surface area (Å²) in [5.74, 6) is 0. The lowest BCUT2D eigenvalue weighted by Crippen LogP contribution is -2.57. The molecule has 32 nitrogen and oxygen atoms in total. The molecule has 67 heavy (non-hydrogen) atoms. The third-order valence-electron chi connectivity index (χ3n) is 6.49. The lowest BCUT2D eigenvalue weighted by atomic mass is 11.9. The average Bonchev–Trinajstić information content (AvgIpc) is 3.27. The van der Waals surface area contributed by atoms with Gasteiger partial charge in [-0.2, -0.15) is 0 Å². The largest absolute Gasteiger partial charge is 0.558 e. The van der Waals surface area contributed by atoms with E-state index >= 15 is 0 Å². The third kappa shape index (κ3) is 19.5. The van der Waals surface area contributed by atoms with Crippen molar-refractivity contribution in [3.8, 4) is 0 Å². The number of hydrogen-bond donors (Lipinski definition) is 2. The van der Waals surface area contributed by atoms with Gasteiger partial charge in [0.15, 0.2) is 0 Å². The normalized spacial score (nSPS) is 10.7. The zero-order chi connectivity index (χ0) is 53.3. The monoisotopic (exact) mass is 1440 g/mol. The molecule has 0 aromatic heterocycles. The van der Waals surface area contributed by atoms with Gasteiger partial charge in [-0.15, -0.1) is 0 Å². The van der Waals surface area contributed by atoms with Crippen molar-refractivity contribution in [2.45, 2.75) is 26.2 Å². The fourth-order valence-electron chi connectivity index (χ4n) is 3.27. The summed E-state index contributed by atoms with van der Waals surface area (Å²) in [5.41, 5.74) is 0. The summed E-state index contributed by atoms with van der Waals surface area (Å²) in [5, 5.41) is 0. The van der Waals surface area contributed by atoms with E-state index in [1.807, 2.05) is 0 Å². The third-order valence-corrected chi connectivity index (χ3v) is 231. The Balaban J connectivity index is 5.85. The second-order valence-corrected chi connectivity index (χ2v) is 157. The SMILES string of the molecule is C[Si](C)(O)O[SiH2][Si](=O)[Si](=O)[Si](=O)[Si](=O)[Si](=O)[Si](=O)[Si](=O)[Si](=O)[Si](=O)[Si](=O)[Si](=O)[Si](=O)[Si](=O)[Si](=O)[Si](=O)[Si](=O)[Si](=O)[Si](=O)[Si](=O)[Si](=O)[Si](=O)[Si](=O)[Si](=O)[Si](=O)[Si](=O)[Si](=O)[Si](=O)[Si](=O)O[Si](C)(C)O. The van der Waals surface area contributed by atoms with Gasteiger partial charge >= 0.3 is 234 Å². The molecule has 0 radical (unpaired) electrons. The van der Waals surface area contributed by atoms with Crippen LogP contribution in [0.3, 0.4) is 0 Å². The molecule has 0 aliphatic rings. The summed E-state index contributed by atoms with van der Waals surface area (Å²) in [6.45, 7) is 4.51. The van der Waals surface area contributed by atoms with Crippen molar-refractivity contribution < 1.29 is 143 Å². The molecule has 348 valence electrons. The minimum atomic E-state index is -4.69. The summed E-state index contributed by atoms with van der Waals surface area (Å²) in [4.78, 5) is 19.2. The lowest BCUT2D eigenvalue weighted by Gasteiger charge is -2.13. The van der Waals surface area contributed by atoms with Crippen molar-refractivity contribution in [3.63, 3.8) is 0 Å². The molecule has 0 aromatic rings. The molecule has 2 N–H and O–H groups in total. The van der Waals surface area contributed by atoms with Crippen LogP contribution in [0.25, 0.3) is 0 Å². The maximum absolute atomic E-state index is 12.7. The van der Waals surface area contributed by atoms with Crippen LogP contribution < -0.4 is 0 Å². The van der Waals surface area contributed by atoms with Crippen LogP contribution in [0.2, 0.25) is 26.2 Å². The maximum Gasteiger partial charge on any atom is 0.533 e. The molecule has 0 heterocycles. The molecular weight excluding hydrogens is 1430 g/mol. The smallest absolute Gasteiger partial charge is 0.533 e. The molecular formula is C4H16O32Si31. The molecule has 0 atom stereocenters. The van der Waals surface area contributed by atoms with Crippen molar-refractivity contribution in [1.29, 1.82) is 0 Å². The Kier molecular flexibility index (Phi) is 29.4. The Morgan fingerprint density at radius 2 is 0.403 bits per heavy atom. The van der Waals surface area contributed by atoms with Gasteiger partial charge in [0.1, 0.15) is 0 Å². The standard InChI is InChI=1S/C4H16O32Si31/c1-66(2,33)35-37-39(6)41(8)43(10)45(12)47(14)49(16)51(18)53(20)55(22)57(24)59(26)61(28)63(30)65(32)64(31)62(29)60(27)58(25)56(23)54(21)52(19)50(17)48(15)46(13)44(11)42(9)40(7)38(5)36-67(3,4)34/h33-34H,37H2,1-4H3. The Morgan fingerprint density at radius 3 is 0.552 bits per heavy atom. The highest BCUT2D eigenvalue weighted by Gasteiger charge is 2.58. The van der Waals surface area contributed by atoms with Crippen LogP contribution in [-0.4, -0.2) is 253 Å². The summed E-state index contributed by atoms with van der Waals surface area (Å²) >= 11 is 0. The second-order valence-electron chi connectivity index (χ2n) is 12.6. The Morgan fingerprint density at radius 1 is 0.254 bits per heavy atom. The van der Waals surface area contributed by atoms with E-state index < -0.39 is 243 Å². The molecule has 0 bridgehead atoms. The van der Waals surface area contributed by atoms with Gasteiger partial charge in [0, 0.05) is 0 Å². The minimum absolute atomic E-state index is 1.03. The van der Waals surface area contributed by atoms with Crippen LogP contribution in [-0.2, 0) is 133 Å². The number of hydrogen-bond acceptors (Lipinski definition) is 32. The molecule has 0 saturated heterocycles. The van der Waals surface area contributed by atoms with Gasteiger partial charge in [-0.3, -0.25) is 0 Å². The van der Waals surface area contributed by atoms with Gasteiger partial charge in [0.25, 0.3) is 0 Å². The van der Waals surface area contributed by atoms with Gasteiger partial charge in [-0.25, -0.2) is 0 Å². The van der Waals surface area contributed by atoms with Gasteiger partial charge in [-0.05, 0) is 26.2 Å². The highest BCUT2D eigenvalue weighted by atomic mass is 30.1. The topological polar surface area (TPSA) is 537 Å². The van der Waals surface area contributed by atoms with Gasteiger partial charge in [0.2, 0.25) is 9.28 Å². The summed E-state index contributed by atoms with van der Waals surface area (Å²) in [6.07, 6.45) is 0. The van der Waals surface area contributed by atoms with Crippen LogP contribution in [0.1, 0.15) is 0 Å². The average molecular weight is 1450 g/mol. The summed E-state index contributed by atoms with van der Waals surface area (Å²) in [6, 6.07) is 0. The van der Waals surface area contributed by atoms with Crippen molar-refractivity contribution in [3.05, 3.63) is 0 Å². The molecule has 0 aromatic carbocycles. The van der Waals surface area contributed by atoms with Gasteiger partial charge in [0.05, 0.1) is 0 Å². The first kappa shape index (κ1) is 67.8. The van der Waals surface area contributed by atoms with Crippen LogP contribution in [0.5, 0.6) is 0 Å². The first-order valence-corrected chi connectivity index (χ1v) is 91.1. The van der Waals surface area contributed by atoms with Crippen LogP contribution in [0.4, 0.5) is 0 Å². The zero-order valence-corrected chi connectivity index (χ0v) is 64.3. The first-order valence-electron chi connectivity index (χ1n) is 16.2. The van der Waals surface area contributed by atoms with E-state index in [4.69, 9.17) is 4.12 Å². The molecule has 0 aliphatic carbocycles. The van der Waals surface area contributed by atoms with Crippen LogP contribution in [0.15, 0.2) is 0 Å². The highest BCUT2D eigenvalue weighted by molar-refractivity contribution is 7.84. The molecule has 0 amide bonds. The van der Waals surface area contributed by atoms with E-state index in [0.717, 1.165) is 13.1 Å². The molecule has 63 heteroatoms. The Labute approximate surface area is 408 Å². The molecule has 0 spiro atoms. The van der Waals surface area contributed by atoms with Crippen molar-refractivity contribution in [2.75, 3.05) is 0 Å². The van der Waals surface area contributed by atoms with Crippen LogP contribution >= 0.6 is 0 Å². The van der Waals surface area contributed by atoms with Crippen molar-refractivity contribution in [1.82, 2.24) is 0 Å². The van der Waals surface area contributed by atoms with Crippen LogP contribution in [0, 0.1) is 0 Å². The van der Waals surface area contributed by atoms with E-state index in [2.05, 4.69) is 4.12 Å². The minimum Gasteiger partial charge on any atom is -0.558 e. The lowest BCUT2D eigenvalue weighted by molar-refractivity contribution is 0.372. The van der Waals surface area contributed by atoms with Gasteiger partial charge < -0.3 is 143 Å². The Hall–Kier alpha value is 0.803. The van der Waals surface area contributed by atoms with Crippen molar-refractivity contribution >= 4 is 243 Å². The van der Waals surface area contributed by atoms with E-state index in [0.29, 0.717) is 0 Å².